The average Bonchev–Trinajstić information content (AvgIpc) is 2.94. The lowest BCUT2D eigenvalue weighted by molar-refractivity contribution is -0.384. The van der Waals surface area contributed by atoms with Gasteiger partial charge < -0.3 is 14.2 Å². The molecule has 0 saturated heterocycles. The number of nitrogens with zero attached hydrogens (tertiary/aromatic N) is 1. The van der Waals surface area contributed by atoms with Crippen LogP contribution in [0.25, 0.3) is 12.2 Å². The number of nitro benzene ring substituents is 1. The van der Waals surface area contributed by atoms with Crippen LogP contribution in [0, 0.1) is 10.1 Å². The van der Waals surface area contributed by atoms with Gasteiger partial charge in [0.1, 0.15) is 24.5 Å². The number of hydrogen-bond donors (Lipinski definition) is 0. The molecule has 2 rings (SSSR count). The van der Waals surface area contributed by atoms with Gasteiger partial charge in [-0.3, -0.25) is 10.1 Å². The maximum Gasteiger partial charge on any atom is 0.422 e. The largest absolute Gasteiger partial charge is 0.490 e. The van der Waals surface area contributed by atoms with E-state index in [1.807, 2.05) is 0 Å². The number of carbonyl (C=O) groups excluding carboxylic acids is 2. The summed E-state index contributed by atoms with van der Waals surface area (Å²) in [5, 5.41) is 10.6. The average molecular weight is 564 g/mol. The normalized spacial score (nSPS) is 10.7. The zero-order valence-corrected chi connectivity index (χ0v) is 22.2. The molecule has 0 saturated carbocycles. The molecule has 2 aromatic rings. The second kappa shape index (κ2) is 18.0. The molecule has 11 heteroatoms. The van der Waals surface area contributed by atoms with E-state index in [0.29, 0.717) is 12.4 Å². The summed E-state index contributed by atoms with van der Waals surface area (Å²) in [5.74, 6) is -1.41. The Labute approximate surface area is 230 Å². The molecule has 0 heterocycles. The Morgan fingerprint density at radius 3 is 1.98 bits per heavy atom. The van der Waals surface area contributed by atoms with Crippen LogP contribution in [0.15, 0.2) is 73.3 Å². The van der Waals surface area contributed by atoms with E-state index in [1.54, 1.807) is 48.6 Å². The molecule has 0 aliphatic carbocycles. The first-order valence-electron chi connectivity index (χ1n) is 12.4. The van der Waals surface area contributed by atoms with E-state index in [0.717, 1.165) is 24.0 Å². The first-order valence-corrected chi connectivity index (χ1v) is 12.4. The highest BCUT2D eigenvalue weighted by Gasteiger charge is 2.37. The van der Waals surface area contributed by atoms with Gasteiger partial charge in [0, 0.05) is 18.2 Å². The summed E-state index contributed by atoms with van der Waals surface area (Å²) in [4.78, 5) is 31.8. The van der Waals surface area contributed by atoms with Gasteiger partial charge in [0.25, 0.3) is 5.69 Å². The highest BCUT2D eigenvalue weighted by atomic mass is 19.4. The minimum atomic E-state index is -4.82. The number of rotatable bonds is 14. The third-order valence-electron chi connectivity index (χ3n) is 5.03. The van der Waals surface area contributed by atoms with Crippen molar-refractivity contribution in [1.82, 2.24) is 0 Å². The predicted octanol–water partition coefficient (Wildman–Crippen LogP) is 7.10. The molecule has 0 fully saturated rings. The zero-order chi connectivity index (χ0) is 30.0. The van der Waals surface area contributed by atoms with Crippen LogP contribution in [0.3, 0.4) is 0 Å². The number of ether oxygens (including phenoxy) is 3. The van der Waals surface area contributed by atoms with Gasteiger partial charge in [-0.1, -0.05) is 63.6 Å². The van der Waals surface area contributed by atoms with E-state index >= 15 is 0 Å². The summed E-state index contributed by atoms with van der Waals surface area (Å²) >= 11 is 0. The first kappa shape index (κ1) is 33.6. The van der Waals surface area contributed by atoms with Crippen LogP contribution >= 0.6 is 0 Å². The topological polar surface area (TPSA) is 105 Å². The minimum absolute atomic E-state index is 0.0112. The lowest BCUT2D eigenvalue weighted by Gasteiger charge is -2.10. The number of halogens is 3. The highest BCUT2D eigenvalue weighted by molar-refractivity contribution is 5.89. The number of hydrogen-bond acceptors (Lipinski definition) is 7. The molecule has 0 atom stereocenters. The van der Waals surface area contributed by atoms with E-state index in [4.69, 9.17) is 9.47 Å². The Morgan fingerprint density at radius 1 is 0.900 bits per heavy atom. The van der Waals surface area contributed by atoms with Gasteiger partial charge in [0.15, 0.2) is 0 Å². The number of unbranched alkanes of at least 4 members (excludes halogenated alkanes) is 3. The van der Waals surface area contributed by atoms with E-state index in [9.17, 15) is 32.9 Å². The third-order valence-corrected chi connectivity index (χ3v) is 5.03. The van der Waals surface area contributed by atoms with E-state index in [-0.39, 0.29) is 24.9 Å². The van der Waals surface area contributed by atoms with E-state index < -0.39 is 22.6 Å². The van der Waals surface area contributed by atoms with Gasteiger partial charge in [-0.05, 0) is 41.8 Å². The molecule has 8 nitrogen and oxygen atoms in total. The zero-order valence-electron chi connectivity index (χ0n) is 22.2. The van der Waals surface area contributed by atoms with Crippen LogP contribution in [0.4, 0.5) is 18.9 Å². The molecule has 0 bridgehead atoms. The summed E-state index contributed by atoms with van der Waals surface area (Å²) < 4.78 is 51.3. The van der Waals surface area contributed by atoms with Crippen molar-refractivity contribution in [3.05, 3.63) is 94.6 Å². The Hall–Kier alpha value is -4.41. The molecule has 0 unspecified atom stereocenters. The molecule has 216 valence electrons. The standard InChI is InChI=1S/C20H16F3NO5.C9H16O2/c1-14(20(21,22)23)19(25)29-13-12-28-18-10-6-16(7-11-18)3-2-15-4-8-17(9-5-15)24(26)27;1-3-5-6-7-8-11-9(10)4-2/h2-11H,1,12-13H2;4H,2-3,5-8H2,1H3. The van der Waals surface area contributed by atoms with Crippen LogP contribution in [0.1, 0.15) is 43.7 Å². The van der Waals surface area contributed by atoms with E-state index in [2.05, 4.69) is 24.8 Å². The Balaban J connectivity index is 0.000000614. The quantitative estimate of drug-likeness (QED) is 0.0603. The van der Waals surface area contributed by atoms with E-state index in [1.165, 1.54) is 31.1 Å². The van der Waals surface area contributed by atoms with Gasteiger partial charge in [-0.15, -0.1) is 0 Å². The van der Waals surface area contributed by atoms with Crippen molar-refractivity contribution < 1.29 is 41.9 Å². The molecule has 0 aromatic heterocycles. The Bertz CT molecular complexity index is 1140. The highest BCUT2D eigenvalue weighted by Crippen LogP contribution is 2.24. The fourth-order valence-corrected chi connectivity index (χ4v) is 2.83. The molecule has 0 N–H and O–H groups in total. The smallest absolute Gasteiger partial charge is 0.422 e. The van der Waals surface area contributed by atoms with Gasteiger partial charge in [0.2, 0.25) is 0 Å². The molecule has 2 aromatic carbocycles. The van der Waals surface area contributed by atoms with Crippen molar-refractivity contribution in [2.75, 3.05) is 19.8 Å². The second-order valence-corrected chi connectivity index (χ2v) is 8.14. The van der Waals surface area contributed by atoms with Crippen molar-refractivity contribution in [2.24, 2.45) is 0 Å². The van der Waals surface area contributed by atoms with Gasteiger partial charge >= 0.3 is 18.1 Å². The van der Waals surface area contributed by atoms with Crippen LogP contribution in [0.2, 0.25) is 0 Å². The summed E-state index contributed by atoms with van der Waals surface area (Å²) in [6, 6.07) is 12.9. The predicted molar refractivity (Wildman–Crippen MR) is 145 cm³/mol. The van der Waals surface area contributed by atoms with Gasteiger partial charge in [-0.2, -0.15) is 13.2 Å². The summed E-state index contributed by atoms with van der Waals surface area (Å²) in [7, 11) is 0. The summed E-state index contributed by atoms with van der Waals surface area (Å²) in [6.45, 7) is 8.16. The molecule has 0 aliphatic heterocycles. The lowest BCUT2D eigenvalue weighted by atomic mass is 10.1. The van der Waals surface area contributed by atoms with Crippen LogP contribution in [-0.2, 0) is 19.1 Å². The molecule has 0 aliphatic rings. The number of alkyl halides is 3. The number of carbonyl (C=O) groups is 2. The molecular formula is C29H32F3NO7. The maximum atomic E-state index is 12.3. The monoisotopic (exact) mass is 563 g/mol. The number of nitro groups is 1. The van der Waals surface area contributed by atoms with Gasteiger partial charge in [-0.25, -0.2) is 9.59 Å². The number of non-ortho nitro benzene ring substituents is 1. The molecule has 0 spiro atoms. The van der Waals surface area contributed by atoms with Crippen molar-refractivity contribution >= 4 is 29.8 Å². The molecule has 0 amide bonds. The van der Waals surface area contributed by atoms with Crippen molar-refractivity contribution in [1.29, 1.82) is 0 Å². The maximum absolute atomic E-state index is 12.3. The Kier molecular flexibility index (Phi) is 15.1. The number of esters is 2. The molecule has 0 radical (unpaired) electrons. The summed E-state index contributed by atoms with van der Waals surface area (Å²) in [5.41, 5.74) is 0.0699. The molecule has 40 heavy (non-hydrogen) atoms. The first-order chi connectivity index (χ1) is 19.0. The minimum Gasteiger partial charge on any atom is -0.490 e. The fourth-order valence-electron chi connectivity index (χ4n) is 2.83. The SMILES string of the molecule is C=C(C(=O)OCCOc1ccc(C=Cc2ccc([N+](=O)[O-])cc2)cc1)C(F)(F)F.C=CC(=O)OCCCCCC. The van der Waals surface area contributed by atoms with Crippen molar-refractivity contribution in [2.45, 2.75) is 38.8 Å². The third kappa shape index (κ3) is 13.9. The van der Waals surface area contributed by atoms with Gasteiger partial charge in [0.05, 0.1) is 11.5 Å². The molecular weight excluding hydrogens is 531 g/mol. The summed E-state index contributed by atoms with van der Waals surface area (Å²) in [6.07, 6.45) is 4.48. The van der Waals surface area contributed by atoms with Crippen LogP contribution in [-0.4, -0.2) is 42.9 Å². The van der Waals surface area contributed by atoms with Crippen molar-refractivity contribution in [3.8, 4) is 5.75 Å². The fraction of sp³-hybridized carbons (Fsp3) is 0.310. The van der Waals surface area contributed by atoms with Crippen LogP contribution in [0.5, 0.6) is 5.75 Å². The second-order valence-electron chi connectivity index (χ2n) is 8.14. The Morgan fingerprint density at radius 2 is 1.48 bits per heavy atom. The lowest BCUT2D eigenvalue weighted by Crippen LogP contribution is -2.22. The number of benzene rings is 2. The van der Waals surface area contributed by atoms with Crippen molar-refractivity contribution in [3.63, 3.8) is 0 Å². The van der Waals surface area contributed by atoms with Crippen LogP contribution < -0.4 is 4.74 Å².